The predicted octanol–water partition coefficient (Wildman–Crippen LogP) is 5.70. The average Bonchev–Trinajstić information content (AvgIpc) is 2.59. The summed E-state index contributed by atoms with van der Waals surface area (Å²) >= 11 is 0. The van der Waals surface area contributed by atoms with Crippen LogP contribution in [0.4, 0.5) is 0 Å². The number of benzene rings is 1. The number of aryl methyl sites for hydroxylation is 1. The molecule has 0 fully saturated rings. The fourth-order valence-corrected chi connectivity index (χ4v) is 3.60. The number of fused-ring (bicyclic) bond motifs is 1. The molecule has 0 bridgehead atoms. The van der Waals surface area contributed by atoms with E-state index in [1.807, 2.05) is 0 Å². The van der Waals surface area contributed by atoms with Crippen LogP contribution in [-0.2, 0) is 12.8 Å². The highest BCUT2D eigenvalue weighted by molar-refractivity contribution is 5.85. The molecule has 0 aromatic heterocycles. The highest BCUT2D eigenvalue weighted by Crippen LogP contribution is 2.25. The molecule has 0 heterocycles. The van der Waals surface area contributed by atoms with Gasteiger partial charge in [-0.3, -0.25) is 0 Å². The lowest BCUT2D eigenvalue weighted by Crippen LogP contribution is -2.35. The van der Waals surface area contributed by atoms with Crippen molar-refractivity contribution in [2.45, 2.75) is 83.6 Å². The summed E-state index contributed by atoms with van der Waals surface area (Å²) < 4.78 is 5.32. The fraction of sp³-hybridized carbons (Fsp3) is 0.714. The number of hydrogen-bond donors (Lipinski definition) is 1. The lowest BCUT2D eigenvalue weighted by atomic mass is 9.88. The summed E-state index contributed by atoms with van der Waals surface area (Å²) in [4.78, 5) is 0. The van der Waals surface area contributed by atoms with Crippen LogP contribution in [0, 0.1) is 0 Å². The highest BCUT2D eigenvalue weighted by Gasteiger charge is 2.18. The zero-order valence-corrected chi connectivity index (χ0v) is 16.4. The van der Waals surface area contributed by atoms with E-state index in [0.29, 0.717) is 6.04 Å². The second kappa shape index (κ2) is 12.6. The number of methoxy groups -OCH3 is 1. The third-order valence-electron chi connectivity index (χ3n) is 5.11. The summed E-state index contributed by atoms with van der Waals surface area (Å²) in [5, 5.41) is 3.77. The first kappa shape index (κ1) is 21.3. The summed E-state index contributed by atoms with van der Waals surface area (Å²) in [6.45, 7) is 3.47. The van der Waals surface area contributed by atoms with E-state index in [-0.39, 0.29) is 12.4 Å². The van der Waals surface area contributed by atoms with Gasteiger partial charge in [0.1, 0.15) is 5.75 Å². The van der Waals surface area contributed by atoms with Crippen molar-refractivity contribution in [2.24, 2.45) is 0 Å². The lowest BCUT2D eigenvalue weighted by Gasteiger charge is -2.26. The first-order chi connectivity index (χ1) is 11.3. The van der Waals surface area contributed by atoms with E-state index in [9.17, 15) is 0 Å². The van der Waals surface area contributed by atoms with Crippen molar-refractivity contribution in [3.8, 4) is 5.75 Å². The molecule has 1 atom stereocenters. The zero-order chi connectivity index (χ0) is 16.3. The van der Waals surface area contributed by atoms with Gasteiger partial charge in [0.25, 0.3) is 0 Å². The van der Waals surface area contributed by atoms with Crippen LogP contribution in [0.5, 0.6) is 5.75 Å². The number of ether oxygens (including phenoxy) is 1. The Bertz CT molecular complexity index is 449. The molecule has 0 amide bonds. The van der Waals surface area contributed by atoms with Crippen LogP contribution in [0.15, 0.2) is 18.2 Å². The van der Waals surface area contributed by atoms with Gasteiger partial charge >= 0.3 is 0 Å². The van der Waals surface area contributed by atoms with Crippen molar-refractivity contribution < 1.29 is 4.74 Å². The molecule has 0 saturated heterocycles. The van der Waals surface area contributed by atoms with Gasteiger partial charge in [0.05, 0.1) is 7.11 Å². The number of unbranched alkanes of at least 4 members (excludes halogenated alkanes) is 7. The number of rotatable bonds is 11. The molecule has 1 N–H and O–H groups in total. The molecule has 2 nitrogen and oxygen atoms in total. The minimum absolute atomic E-state index is 0. The molecule has 2 rings (SSSR count). The Balaban J connectivity index is 0.00000288. The van der Waals surface area contributed by atoms with Crippen molar-refractivity contribution in [3.05, 3.63) is 29.3 Å². The molecule has 0 saturated carbocycles. The Morgan fingerprint density at radius 2 is 1.71 bits per heavy atom. The Labute approximate surface area is 155 Å². The van der Waals surface area contributed by atoms with E-state index in [1.54, 1.807) is 7.11 Å². The number of hydrogen-bond acceptors (Lipinski definition) is 2. The summed E-state index contributed by atoms with van der Waals surface area (Å²) in [6, 6.07) is 7.22. The molecule has 1 aliphatic carbocycles. The van der Waals surface area contributed by atoms with Gasteiger partial charge in [-0.15, -0.1) is 12.4 Å². The van der Waals surface area contributed by atoms with Gasteiger partial charge in [0.2, 0.25) is 0 Å². The van der Waals surface area contributed by atoms with Gasteiger partial charge < -0.3 is 10.1 Å². The monoisotopic (exact) mass is 353 g/mol. The molecule has 3 heteroatoms. The molecular weight excluding hydrogens is 318 g/mol. The summed E-state index contributed by atoms with van der Waals surface area (Å²) in [6.07, 6.45) is 14.8. The van der Waals surface area contributed by atoms with Crippen LogP contribution < -0.4 is 10.1 Å². The molecule has 24 heavy (non-hydrogen) atoms. The van der Waals surface area contributed by atoms with Crippen LogP contribution in [0.2, 0.25) is 0 Å². The molecule has 1 unspecified atom stereocenters. The van der Waals surface area contributed by atoms with Gasteiger partial charge in [-0.1, -0.05) is 57.9 Å². The van der Waals surface area contributed by atoms with Crippen molar-refractivity contribution >= 4 is 12.4 Å². The van der Waals surface area contributed by atoms with Gasteiger partial charge in [0.15, 0.2) is 0 Å². The average molecular weight is 354 g/mol. The largest absolute Gasteiger partial charge is 0.497 e. The maximum Gasteiger partial charge on any atom is 0.119 e. The lowest BCUT2D eigenvalue weighted by molar-refractivity contribution is 0.411. The molecule has 0 aliphatic heterocycles. The van der Waals surface area contributed by atoms with E-state index in [2.05, 4.69) is 30.4 Å². The Kier molecular flexibility index (Phi) is 11.2. The molecule has 0 radical (unpaired) electrons. The molecular formula is C21H36ClNO. The first-order valence-electron chi connectivity index (χ1n) is 9.72. The SMILES string of the molecule is CCCCCCCCCCNC1CCc2cc(OC)ccc2C1.Cl. The zero-order valence-electron chi connectivity index (χ0n) is 15.6. The van der Waals surface area contributed by atoms with E-state index in [0.717, 1.165) is 5.75 Å². The molecule has 1 aromatic rings. The van der Waals surface area contributed by atoms with Crippen LogP contribution >= 0.6 is 12.4 Å². The van der Waals surface area contributed by atoms with Crippen molar-refractivity contribution in [1.29, 1.82) is 0 Å². The minimum Gasteiger partial charge on any atom is -0.497 e. The highest BCUT2D eigenvalue weighted by atomic mass is 35.5. The number of halogens is 1. The molecule has 0 spiro atoms. The predicted molar refractivity (Wildman–Crippen MR) is 107 cm³/mol. The van der Waals surface area contributed by atoms with E-state index < -0.39 is 0 Å². The smallest absolute Gasteiger partial charge is 0.119 e. The Morgan fingerprint density at radius 3 is 2.42 bits per heavy atom. The van der Waals surface area contributed by atoms with Gasteiger partial charge in [-0.25, -0.2) is 0 Å². The van der Waals surface area contributed by atoms with Crippen molar-refractivity contribution in [3.63, 3.8) is 0 Å². The van der Waals surface area contributed by atoms with Crippen LogP contribution in [0.1, 0.15) is 75.8 Å². The van der Waals surface area contributed by atoms with Crippen LogP contribution in [-0.4, -0.2) is 19.7 Å². The maximum atomic E-state index is 5.32. The normalized spacial score (nSPS) is 16.3. The second-order valence-electron chi connectivity index (χ2n) is 7.00. The Hall–Kier alpha value is -0.730. The third-order valence-corrected chi connectivity index (χ3v) is 5.11. The van der Waals surface area contributed by atoms with Crippen molar-refractivity contribution in [1.82, 2.24) is 5.32 Å². The standard InChI is InChI=1S/C21H35NO.ClH/c1-3-4-5-6-7-8-9-10-15-22-20-13-11-19-17-21(23-2)14-12-18(19)16-20;/h12,14,17,20,22H,3-11,13,15-16H2,1-2H3;1H. The number of nitrogens with one attached hydrogen (secondary N) is 1. The van der Waals surface area contributed by atoms with E-state index in [4.69, 9.17) is 4.74 Å². The fourth-order valence-electron chi connectivity index (χ4n) is 3.60. The summed E-state index contributed by atoms with van der Waals surface area (Å²) in [7, 11) is 1.75. The Morgan fingerprint density at radius 1 is 1.00 bits per heavy atom. The van der Waals surface area contributed by atoms with Crippen LogP contribution in [0.3, 0.4) is 0 Å². The summed E-state index contributed by atoms with van der Waals surface area (Å²) in [5.74, 6) is 0.995. The molecule has 138 valence electrons. The van der Waals surface area contributed by atoms with Crippen molar-refractivity contribution in [2.75, 3.05) is 13.7 Å². The maximum absolute atomic E-state index is 5.32. The molecule has 1 aliphatic rings. The van der Waals surface area contributed by atoms with E-state index >= 15 is 0 Å². The van der Waals surface area contributed by atoms with Gasteiger partial charge in [0, 0.05) is 6.04 Å². The van der Waals surface area contributed by atoms with Crippen LogP contribution in [0.25, 0.3) is 0 Å². The second-order valence-corrected chi connectivity index (χ2v) is 7.00. The molecule has 1 aromatic carbocycles. The van der Waals surface area contributed by atoms with Gasteiger partial charge in [-0.2, -0.15) is 0 Å². The topological polar surface area (TPSA) is 21.3 Å². The van der Waals surface area contributed by atoms with Gasteiger partial charge in [-0.05, 0) is 55.5 Å². The van der Waals surface area contributed by atoms with E-state index in [1.165, 1.54) is 88.3 Å². The first-order valence-corrected chi connectivity index (χ1v) is 9.72. The minimum atomic E-state index is 0. The quantitative estimate of drug-likeness (QED) is 0.515. The third kappa shape index (κ3) is 7.44. The summed E-state index contributed by atoms with van der Waals surface area (Å²) in [5.41, 5.74) is 2.99.